The molecule has 3 heteroatoms. The Kier molecular flexibility index (Phi) is 5.41. The number of likely N-dealkylation sites (tertiary alicyclic amines) is 1. The smallest absolute Gasteiger partial charge is 0.146 e. The quantitative estimate of drug-likeness (QED) is 0.874. The van der Waals surface area contributed by atoms with E-state index >= 15 is 0 Å². The predicted molar refractivity (Wildman–Crippen MR) is 83.7 cm³/mol. The zero-order chi connectivity index (χ0) is 14.5. The van der Waals surface area contributed by atoms with Crippen molar-refractivity contribution in [2.75, 3.05) is 25.0 Å². The van der Waals surface area contributed by atoms with Crippen molar-refractivity contribution < 1.29 is 4.39 Å². The first-order valence-corrected chi connectivity index (χ1v) is 7.85. The Balaban J connectivity index is 1.89. The van der Waals surface area contributed by atoms with E-state index < -0.39 is 0 Å². The molecular weight excluding hydrogens is 251 g/mol. The summed E-state index contributed by atoms with van der Waals surface area (Å²) in [4.78, 5) is 2.54. The van der Waals surface area contributed by atoms with Gasteiger partial charge in [-0.3, -0.25) is 0 Å². The highest BCUT2D eigenvalue weighted by Gasteiger charge is 2.23. The SMILES string of the molecule is CCCN1CCC(C(C)Nc2cc(C)ccc2F)CC1. The summed E-state index contributed by atoms with van der Waals surface area (Å²) in [6.45, 7) is 9.99. The molecule has 20 heavy (non-hydrogen) atoms. The number of nitrogens with one attached hydrogen (secondary N) is 1. The van der Waals surface area contributed by atoms with E-state index in [1.54, 1.807) is 6.07 Å². The molecule has 0 saturated carbocycles. The second-order valence-corrected chi connectivity index (χ2v) is 6.10. The molecule has 1 heterocycles. The van der Waals surface area contributed by atoms with Crippen LogP contribution in [0.15, 0.2) is 18.2 Å². The lowest BCUT2D eigenvalue weighted by Crippen LogP contribution is -2.39. The van der Waals surface area contributed by atoms with Crippen molar-refractivity contribution in [1.82, 2.24) is 4.90 Å². The fourth-order valence-electron chi connectivity index (χ4n) is 3.11. The van der Waals surface area contributed by atoms with E-state index in [1.165, 1.54) is 38.9 Å². The first-order valence-electron chi connectivity index (χ1n) is 7.85. The molecule has 1 aromatic carbocycles. The third-order valence-corrected chi connectivity index (χ3v) is 4.38. The van der Waals surface area contributed by atoms with Crippen LogP contribution in [0, 0.1) is 18.7 Å². The van der Waals surface area contributed by atoms with E-state index in [-0.39, 0.29) is 5.82 Å². The van der Waals surface area contributed by atoms with Gasteiger partial charge in [0.1, 0.15) is 5.82 Å². The molecule has 1 aliphatic heterocycles. The van der Waals surface area contributed by atoms with Gasteiger partial charge in [0.15, 0.2) is 0 Å². The first-order chi connectivity index (χ1) is 9.60. The summed E-state index contributed by atoms with van der Waals surface area (Å²) < 4.78 is 13.8. The van der Waals surface area contributed by atoms with Gasteiger partial charge in [0.25, 0.3) is 0 Å². The van der Waals surface area contributed by atoms with Crippen LogP contribution < -0.4 is 5.32 Å². The zero-order valence-electron chi connectivity index (χ0n) is 13.0. The van der Waals surface area contributed by atoms with Crippen molar-refractivity contribution in [2.45, 2.75) is 46.1 Å². The molecule has 0 radical (unpaired) electrons. The van der Waals surface area contributed by atoms with E-state index in [1.807, 2.05) is 19.1 Å². The fraction of sp³-hybridized carbons (Fsp3) is 0.647. The summed E-state index contributed by atoms with van der Waals surface area (Å²) >= 11 is 0. The van der Waals surface area contributed by atoms with Gasteiger partial charge >= 0.3 is 0 Å². The van der Waals surface area contributed by atoms with Crippen molar-refractivity contribution in [3.8, 4) is 0 Å². The molecule has 2 rings (SSSR count). The second kappa shape index (κ2) is 7.07. The Morgan fingerprint density at radius 3 is 2.70 bits per heavy atom. The Morgan fingerprint density at radius 2 is 2.05 bits per heavy atom. The van der Waals surface area contributed by atoms with Crippen LogP contribution >= 0.6 is 0 Å². The van der Waals surface area contributed by atoms with Crippen molar-refractivity contribution >= 4 is 5.69 Å². The van der Waals surface area contributed by atoms with E-state index in [0.717, 1.165) is 5.56 Å². The molecule has 112 valence electrons. The number of anilines is 1. The van der Waals surface area contributed by atoms with E-state index in [9.17, 15) is 4.39 Å². The van der Waals surface area contributed by atoms with Crippen LogP contribution in [0.2, 0.25) is 0 Å². The van der Waals surface area contributed by atoms with Gasteiger partial charge in [-0.15, -0.1) is 0 Å². The summed E-state index contributed by atoms with van der Waals surface area (Å²) in [6.07, 6.45) is 3.65. The number of halogens is 1. The number of aryl methyl sites for hydroxylation is 1. The van der Waals surface area contributed by atoms with Crippen molar-refractivity contribution in [3.63, 3.8) is 0 Å². The maximum atomic E-state index is 13.8. The second-order valence-electron chi connectivity index (χ2n) is 6.10. The molecule has 1 aromatic rings. The van der Waals surface area contributed by atoms with Crippen LogP contribution in [-0.4, -0.2) is 30.6 Å². The Hall–Kier alpha value is -1.09. The number of benzene rings is 1. The largest absolute Gasteiger partial charge is 0.380 e. The topological polar surface area (TPSA) is 15.3 Å². The van der Waals surface area contributed by atoms with Crippen LogP contribution in [0.5, 0.6) is 0 Å². The normalized spacial score (nSPS) is 19.0. The van der Waals surface area contributed by atoms with Gasteiger partial charge < -0.3 is 10.2 Å². The lowest BCUT2D eigenvalue weighted by Gasteiger charge is -2.35. The highest BCUT2D eigenvalue weighted by Crippen LogP contribution is 2.25. The predicted octanol–water partition coefficient (Wildman–Crippen LogP) is 4.06. The lowest BCUT2D eigenvalue weighted by molar-refractivity contribution is 0.176. The van der Waals surface area contributed by atoms with Crippen LogP contribution in [0.4, 0.5) is 10.1 Å². The standard InChI is InChI=1S/C17H27FN2/c1-4-9-20-10-7-15(8-11-20)14(3)19-17-12-13(2)5-6-16(17)18/h5-6,12,14-15,19H,4,7-11H2,1-3H3. The number of hydrogen-bond acceptors (Lipinski definition) is 2. The van der Waals surface area contributed by atoms with Crippen molar-refractivity contribution in [1.29, 1.82) is 0 Å². The van der Waals surface area contributed by atoms with Crippen LogP contribution in [0.3, 0.4) is 0 Å². The summed E-state index contributed by atoms with van der Waals surface area (Å²) in [7, 11) is 0. The molecule has 0 spiro atoms. The Bertz CT molecular complexity index is 425. The minimum atomic E-state index is -0.147. The highest BCUT2D eigenvalue weighted by molar-refractivity contribution is 5.47. The van der Waals surface area contributed by atoms with Crippen molar-refractivity contribution in [3.05, 3.63) is 29.6 Å². The maximum absolute atomic E-state index is 13.8. The molecule has 0 aliphatic carbocycles. The zero-order valence-corrected chi connectivity index (χ0v) is 13.0. The van der Waals surface area contributed by atoms with Crippen molar-refractivity contribution in [2.24, 2.45) is 5.92 Å². The number of hydrogen-bond donors (Lipinski definition) is 1. The minimum Gasteiger partial charge on any atom is -0.380 e. The van der Waals surface area contributed by atoms with Gasteiger partial charge in [-0.25, -0.2) is 4.39 Å². The number of rotatable bonds is 5. The highest BCUT2D eigenvalue weighted by atomic mass is 19.1. The molecular formula is C17H27FN2. The number of piperidine rings is 1. The Morgan fingerprint density at radius 1 is 1.35 bits per heavy atom. The summed E-state index contributed by atoms with van der Waals surface area (Å²) in [6, 6.07) is 5.59. The third-order valence-electron chi connectivity index (χ3n) is 4.38. The van der Waals surface area contributed by atoms with Gasteiger partial charge in [0.2, 0.25) is 0 Å². The minimum absolute atomic E-state index is 0.147. The van der Waals surface area contributed by atoms with Crippen LogP contribution in [0.1, 0.15) is 38.7 Å². The number of nitrogens with zero attached hydrogens (tertiary/aromatic N) is 1. The van der Waals surface area contributed by atoms with Crippen LogP contribution in [-0.2, 0) is 0 Å². The van der Waals surface area contributed by atoms with E-state index in [2.05, 4.69) is 24.1 Å². The third kappa shape index (κ3) is 3.95. The first kappa shape index (κ1) is 15.3. The van der Waals surface area contributed by atoms with E-state index in [0.29, 0.717) is 17.6 Å². The molecule has 1 aliphatic rings. The fourth-order valence-corrected chi connectivity index (χ4v) is 3.11. The van der Waals surface area contributed by atoms with E-state index in [4.69, 9.17) is 0 Å². The molecule has 2 nitrogen and oxygen atoms in total. The average molecular weight is 278 g/mol. The van der Waals surface area contributed by atoms with Gasteiger partial charge in [0.05, 0.1) is 5.69 Å². The molecule has 1 N–H and O–H groups in total. The molecule has 1 atom stereocenters. The van der Waals surface area contributed by atoms with Gasteiger partial charge in [0, 0.05) is 6.04 Å². The summed E-state index contributed by atoms with van der Waals surface area (Å²) in [5, 5.41) is 3.37. The molecule has 0 amide bonds. The van der Waals surface area contributed by atoms with Crippen LogP contribution in [0.25, 0.3) is 0 Å². The monoisotopic (exact) mass is 278 g/mol. The molecule has 1 fully saturated rings. The summed E-state index contributed by atoms with van der Waals surface area (Å²) in [5.74, 6) is 0.494. The Labute approximate surface area is 122 Å². The molecule has 1 unspecified atom stereocenters. The molecule has 1 saturated heterocycles. The summed E-state index contributed by atoms with van der Waals surface area (Å²) in [5.41, 5.74) is 1.74. The lowest BCUT2D eigenvalue weighted by atomic mass is 9.90. The molecule has 0 bridgehead atoms. The maximum Gasteiger partial charge on any atom is 0.146 e. The average Bonchev–Trinajstić information content (AvgIpc) is 2.44. The van der Waals surface area contributed by atoms with Gasteiger partial charge in [-0.1, -0.05) is 13.0 Å². The molecule has 0 aromatic heterocycles. The van der Waals surface area contributed by atoms with Gasteiger partial charge in [-0.05, 0) is 76.4 Å². The van der Waals surface area contributed by atoms with Gasteiger partial charge in [-0.2, -0.15) is 0 Å².